The molecule has 6 heteroatoms. The Kier molecular flexibility index (Phi) is 4.39. The van der Waals surface area contributed by atoms with E-state index in [1.807, 2.05) is 6.92 Å². The average molecular weight is 240 g/mol. The number of aliphatic hydroxyl groups is 1. The van der Waals surface area contributed by atoms with Gasteiger partial charge in [-0.2, -0.15) is 0 Å². The smallest absolute Gasteiger partial charge is 0.291 e. The van der Waals surface area contributed by atoms with Crippen LogP contribution in [-0.4, -0.2) is 28.2 Å². The highest BCUT2D eigenvalue weighted by Crippen LogP contribution is 2.31. The molecular weight excluding hydrogens is 224 g/mol. The standard InChI is InChI=1S/C11H16N2O4/c1-4-8(7(2)14)11-9(13(15)16)5-6-10(12-11)17-3/h5-8,14H,4H2,1-3H3. The van der Waals surface area contributed by atoms with Crippen molar-refractivity contribution >= 4 is 5.69 Å². The molecule has 0 radical (unpaired) electrons. The topological polar surface area (TPSA) is 85.5 Å². The Morgan fingerprint density at radius 3 is 2.65 bits per heavy atom. The van der Waals surface area contributed by atoms with Gasteiger partial charge in [-0.3, -0.25) is 10.1 Å². The van der Waals surface area contributed by atoms with Gasteiger partial charge >= 0.3 is 0 Å². The summed E-state index contributed by atoms with van der Waals surface area (Å²) in [5.74, 6) is -0.0600. The number of pyridine rings is 1. The molecule has 0 fully saturated rings. The summed E-state index contributed by atoms with van der Waals surface area (Å²) in [5, 5.41) is 20.5. The number of nitro groups is 1. The second-order valence-electron chi connectivity index (χ2n) is 3.77. The molecule has 1 heterocycles. The molecule has 1 aromatic rings. The highest BCUT2D eigenvalue weighted by molar-refractivity contribution is 5.40. The lowest BCUT2D eigenvalue weighted by atomic mass is 9.95. The molecule has 0 aliphatic heterocycles. The molecule has 2 atom stereocenters. The van der Waals surface area contributed by atoms with Crippen LogP contribution >= 0.6 is 0 Å². The lowest BCUT2D eigenvalue weighted by molar-refractivity contribution is -0.386. The summed E-state index contributed by atoms with van der Waals surface area (Å²) in [4.78, 5) is 14.5. The van der Waals surface area contributed by atoms with Gasteiger partial charge in [0.05, 0.1) is 18.1 Å². The van der Waals surface area contributed by atoms with Gasteiger partial charge in [0.25, 0.3) is 5.69 Å². The van der Waals surface area contributed by atoms with Crippen molar-refractivity contribution in [3.8, 4) is 5.88 Å². The first-order valence-electron chi connectivity index (χ1n) is 5.38. The van der Waals surface area contributed by atoms with Crippen molar-refractivity contribution in [2.24, 2.45) is 0 Å². The number of nitrogens with zero attached hydrogens (tertiary/aromatic N) is 2. The molecule has 0 amide bonds. The first kappa shape index (κ1) is 13.4. The highest BCUT2D eigenvalue weighted by Gasteiger charge is 2.26. The van der Waals surface area contributed by atoms with Crippen LogP contribution < -0.4 is 4.74 Å². The SMILES string of the molecule is CCC(c1nc(OC)ccc1[N+](=O)[O-])C(C)O. The fraction of sp³-hybridized carbons (Fsp3) is 0.545. The van der Waals surface area contributed by atoms with E-state index in [9.17, 15) is 15.2 Å². The first-order chi connectivity index (χ1) is 8.01. The number of aliphatic hydroxyl groups excluding tert-OH is 1. The quantitative estimate of drug-likeness (QED) is 0.627. The van der Waals surface area contributed by atoms with Crippen LogP contribution in [0.4, 0.5) is 5.69 Å². The van der Waals surface area contributed by atoms with Gasteiger partial charge in [-0.25, -0.2) is 4.98 Å². The summed E-state index contributed by atoms with van der Waals surface area (Å²) in [6.45, 7) is 3.45. The van der Waals surface area contributed by atoms with Crippen LogP contribution in [0.25, 0.3) is 0 Å². The van der Waals surface area contributed by atoms with Crippen molar-refractivity contribution in [3.05, 3.63) is 27.9 Å². The average Bonchev–Trinajstić information content (AvgIpc) is 2.29. The second kappa shape index (κ2) is 5.58. The number of hydrogen-bond donors (Lipinski definition) is 1. The molecule has 0 bridgehead atoms. The maximum atomic E-state index is 10.9. The molecule has 0 aromatic carbocycles. The van der Waals surface area contributed by atoms with Crippen molar-refractivity contribution in [2.75, 3.05) is 7.11 Å². The summed E-state index contributed by atoms with van der Waals surface area (Å²) in [5.41, 5.74) is 0.186. The molecule has 0 saturated heterocycles. The molecule has 1 aromatic heterocycles. The van der Waals surface area contributed by atoms with E-state index in [1.165, 1.54) is 19.2 Å². The van der Waals surface area contributed by atoms with Crippen LogP contribution in [0.5, 0.6) is 5.88 Å². The van der Waals surface area contributed by atoms with Crippen LogP contribution in [0.3, 0.4) is 0 Å². The fourth-order valence-corrected chi connectivity index (χ4v) is 1.75. The normalized spacial score (nSPS) is 14.1. The van der Waals surface area contributed by atoms with Gasteiger partial charge in [0, 0.05) is 18.1 Å². The lowest BCUT2D eigenvalue weighted by Crippen LogP contribution is -2.17. The van der Waals surface area contributed by atoms with Crippen LogP contribution in [0.15, 0.2) is 12.1 Å². The summed E-state index contributed by atoms with van der Waals surface area (Å²) in [7, 11) is 1.45. The van der Waals surface area contributed by atoms with E-state index in [0.717, 1.165) is 0 Å². The Balaban J connectivity index is 3.29. The van der Waals surface area contributed by atoms with Crippen molar-refractivity contribution in [3.63, 3.8) is 0 Å². The van der Waals surface area contributed by atoms with Crippen molar-refractivity contribution < 1.29 is 14.8 Å². The highest BCUT2D eigenvalue weighted by atomic mass is 16.6. The Bertz CT molecular complexity index is 406. The zero-order chi connectivity index (χ0) is 13.0. The zero-order valence-corrected chi connectivity index (χ0v) is 10.1. The molecule has 17 heavy (non-hydrogen) atoms. The number of methoxy groups -OCH3 is 1. The molecule has 0 aliphatic carbocycles. The van der Waals surface area contributed by atoms with Gasteiger partial charge in [0.2, 0.25) is 5.88 Å². The third kappa shape index (κ3) is 2.91. The van der Waals surface area contributed by atoms with E-state index in [1.54, 1.807) is 6.92 Å². The van der Waals surface area contributed by atoms with E-state index < -0.39 is 11.0 Å². The Labute approximate surface area is 99.4 Å². The maximum Gasteiger partial charge on any atom is 0.291 e. The summed E-state index contributed by atoms with van der Waals surface area (Å²) in [6.07, 6.45) is -0.128. The number of hydrogen-bond acceptors (Lipinski definition) is 5. The van der Waals surface area contributed by atoms with E-state index in [4.69, 9.17) is 4.74 Å². The van der Waals surface area contributed by atoms with Gasteiger partial charge in [0.1, 0.15) is 5.69 Å². The summed E-state index contributed by atoms with van der Waals surface area (Å²) < 4.78 is 4.95. The third-order valence-electron chi connectivity index (χ3n) is 2.66. The van der Waals surface area contributed by atoms with Crippen LogP contribution in [0.1, 0.15) is 31.9 Å². The minimum absolute atomic E-state index is 0.0847. The van der Waals surface area contributed by atoms with Crippen molar-refractivity contribution in [2.45, 2.75) is 32.3 Å². The van der Waals surface area contributed by atoms with Gasteiger partial charge in [-0.05, 0) is 13.3 Å². The van der Waals surface area contributed by atoms with E-state index in [-0.39, 0.29) is 17.3 Å². The molecule has 0 saturated carbocycles. The van der Waals surface area contributed by atoms with Gasteiger partial charge in [0.15, 0.2) is 0 Å². The zero-order valence-electron chi connectivity index (χ0n) is 10.1. The van der Waals surface area contributed by atoms with E-state index in [0.29, 0.717) is 12.3 Å². The molecular formula is C11H16N2O4. The van der Waals surface area contributed by atoms with Gasteiger partial charge in [-0.1, -0.05) is 6.92 Å². The number of rotatable bonds is 5. The van der Waals surface area contributed by atoms with E-state index >= 15 is 0 Å². The predicted octanol–water partition coefficient (Wildman–Crippen LogP) is 1.87. The summed E-state index contributed by atoms with van der Waals surface area (Å²) >= 11 is 0. The van der Waals surface area contributed by atoms with Crippen LogP contribution in [0, 0.1) is 10.1 Å². The minimum atomic E-state index is -0.696. The molecule has 6 nitrogen and oxygen atoms in total. The van der Waals surface area contributed by atoms with Crippen molar-refractivity contribution in [1.82, 2.24) is 4.98 Å². The molecule has 2 unspecified atom stereocenters. The molecule has 94 valence electrons. The third-order valence-corrected chi connectivity index (χ3v) is 2.66. The predicted molar refractivity (Wildman–Crippen MR) is 62.2 cm³/mol. The van der Waals surface area contributed by atoms with Crippen LogP contribution in [-0.2, 0) is 0 Å². The molecule has 1 N–H and O–H groups in total. The van der Waals surface area contributed by atoms with E-state index in [2.05, 4.69) is 4.98 Å². The molecule has 0 spiro atoms. The Morgan fingerprint density at radius 1 is 1.59 bits per heavy atom. The Morgan fingerprint density at radius 2 is 2.24 bits per heavy atom. The maximum absolute atomic E-state index is 10.9. The lowest BCUT2D eigenvalue weighted by Gasteiger charge is -2.17. The number of ether oxygens (including phenoxy) is 1. The van der Waals surface area contributed by atoms with Crippen molar-refractivity contribution in [1.29, 1.82) is 0 Å². The monoisotopic (exact) mass is 240 g/mol. The molecule has 1 rings (SSSR count). The second-order valence-corrected chi connectivity index (χ2v) is 3.77. The molecule has 0 aliphatic rings. The number of aromatic nitrogens is 1. The first-order valence-corrected chi connectivity index (χ1v) is 5.38. The largest absolute Gasteiger partial charge is 0.481 e. The summed E-state index contributed by atoms with van der Waals surface area (Å²) in [6, 6.07) is 2.79. The Hall–Kier alpha value is -1.69. The van der Waals surface area contributed by atoms with Gasteiger partial charge in [-0.15, -0.1) is 0 Å². The minimum Gasteiger partial charge on any atom is -0.481 e. The van der Waals surface area contributed by atoms with Crippen LogP contribution in [0.2, 0.25) is 0 Å². The van der Waals surface area contributed by atoms with Gasteiger partial charge < -0.3 is 9.84 Å². The fourth-order valence-electron chi connectivity index (χ4n) is 1.75.